The molecule has 18 heavy (non-hydrogen) atoms. The largest absolute Gasteiger partial charge is 0.372 e. The van der Waals surface area contributed by atoms with E-state index in [-0.39, 0.29) is 11.9 Å². The van der Waals surface area contributed by atoms with Crippen molar-refractivity contribution in [3.63, 3.8) is 0 Å². The summed E-state index contributed by atoms with van der Waals surface area (Å²) < 4.78 is 0. The van der Waals surface area contributed by atoms with Crippen molar-refractivity contribution in [2.24, 2.45) is 0 Å². The lowest BCUT2D eigenvalue weighted by molar-refractivity contribution is -0.119. The number of anilines is 2. The molecule has 1 heterocycles. The minimum absolute atomic E-state index is 0.0953. The second-order valence-corrected chi connectivity index (χ2v) is 4.92. The maximum absolute atomic E-state index is 12.4. The number of hydrogen-bond donors (Lipinski definition) is 1. The van der Waals surface area contributed by atoms with Crippen molar-refractivity contribution in [3.8, 4) is 0 Å². The van der Waals surface area contributed by atoms with Crippen molar-refractivity contribution < 1.29 is 4.79 Å². The Bertz CT molecular complexity index is 431. The molecule has 0 radical (unpaired) electrons. The van der Waals surface area contributed by atoms with E-state index in [9.17, 15) is 4.79 Å². The first-order valence-electron chi connectivity index (χ1n) is 6.45. The Hall–Kier alpha value is -1.55. The van der Waals surface area contributed by atoms with E-state index < -0.39 is 0 Å². The SMILES string of the molecule is CCC1Nc2ccccc2N(CCN(C)C)C1=O. The molecule has 0 aliphatic carbocycles. The van der Waals surface area contributed by atoms with Crippen LogP contribution in [-0.4, -0.2) is 44.0 Å². The third-order valence-corrected chi connectivity index (χ3v) is 3.27. The van der Waals surface area contributed by atoms with E-state index in [1.54, 1.807) is 0 Å². The summed E-state index contributed by atoms with van der Waals surface area (Å²) in [5.41, 5.74) is 2.05. The minimum Gasteiger partial charge on any atom is -0.372 e. The number of hydrogen-bond acceptors (Lipinski definition) is 3. The van der Waals surface area contributed by atoms with Crippen LogP contribution in [0.4, 0.5) is 11.4 Å². The van der Waals surface area contributed by atoms with Gasteiger partial charge in [-0.2, -0.15) is 0 Å². The second kappa shape index (κ2) is 5.40. The van der Waals surface area contributed by atoms with Crippen molar-refractivity contribution in [2.45, 2.75) is 19.4 Å². The minimum atomic E-state index is -0.0953. The van der Waals surface area contributed by atoms with Crippen molar-refractivity contribution >= 4 is 17.3 Å². The molecule has 0 bridgehead atoms. The number of benzene rings is 1. The number of likely N-dealkylation sites (N-methyl/N-ethyl adjacent to an activating group) is 1. The molecule has 98 valence electrons. The molecule has 0 saturated heterocycles. The van der Waals surface area contributed by atoms with Gasteiger partial charge in [0.1, 0.15) is 6.04 Å². The van der Waals surface area contributed by atoms with Crippen LogP contribution < -0.4 is 10.2 Å². The number of carbonyl (C=O) groups excluding carboxylic acids is 1. The van der Waals surface area contributed by atoms with E-state index >= 15 is 0 Å². The monoisotopic (exact) mass is 247 g/mol. The fourth-order valence-electron chi connectivity index (χ4n) is 2.19. The lowest BCUT2D eigenvalue weighted by atomic mass is 10.1. The molecule has 0 spiro atoms. The summed E-state index contributed by atoms with van der Waals surface area (Å²) in [5, 5.41) is 3.31. The normalized spacial score (nSPS) is 18.8. The Labute approximate surface area is 109 Å². The molecule has 1 atom stereocenters. The van der Waals surface area contributed by atoms with Crippen LogP contribution in [0.3, 0.4) is 0 Å². The molecule has 4 nitrogen and oxygen atoms in total. The Morgan fingerprint density at radius 3 is 2.72 bits per heavy atom. The maximum Gasteiger partial charge on any atom is 0.249 e. The predicted molar refractivity (Wildman–Crippen MR) is 75.1 cm³/mol. The first kappa shape index (κ1) is 12.9. The van der Waals surface area contributed by atoms with E-state index in [1.165, 1.54) is 0 Å². The second-order valence-electron chi connectivity index (χ2n) is 4.92. The highest BCUT2D eigenvalue weighted by Gasteiger charge is 2.30. The van der Waals surface area contributed by atoms with Gasteiger partial charge in [-0.1, -0.05) is 19.1 Å². The molecular weight excluding hydrogens is 226 g/mol. The predicted octanol–water partition coefficient (Wildman–Crippen LogP) is 1.79. The van der Waals surface area contributed by atoms with Gasteiger partial charge in [0, 0.05) is 13.1 Å². The first-order chi connectivity index (χ1) is 8.63. The van der Waals surface area contributed by atoms with Crippen LogP contribution in [0.15, 0.2) is 24.3 Å². The Balaban J connectivity index is 2.27. The fraction of sp³-hybridized carbons (Fsp3) is 0.500. The summed E-state index contributed by atoms with van der Waals surface area (Å²) in [7, 11) is 4.05. The molecule has 0 saturated carbocycles. The van der Waals surface area contributed by atoms with Gasteiger partial charge in [0.2, 0.25) is 5.91 Å². The summed E-state index contributed by atoms with van der Waals surface area (Å²) in [6.07, 6.45) is 0.811. The molecular formula is C14H21N3O. The van der Waals surface area contributed by atoms with Crippen molar-refractivity contribution in [1.29, 1.82) is 0 Å². The Morgan fingerprint density at radius 1 is 1.33 bits per heavy atom. The van der Waals surface area contributed by atoms with Gasteiger partial charge < -0.3 is 15.1 Å². The average molecular weight is 247 g/mol. The van der Waals surface area contributed by atoms with Gasteiger partial charge in [-0.15, -0.1) is 0 Å². The number of amides is 1. The fourth-order valence-corrected chi connectivity index (χ4v) is 2.19. The van der Waals surface area contributed by atoms with Crippen molar-refractivity contribution in [3.05, 3.63) is 24.3 Å². The molecule has 4 heteroatoms. The van der Waals surface area contributed by atoms with E-state index in [4.69, 9.17) is 0 Å². The topological polar surface area (TPSA) is 35.6 Å². The molecule has 1 amide bonds. The molecule has 1 aromatic carbocycles. The van der Waals surface area contributed by atoms with E-state index in [0.29, 0.717) is 0 Å². The van der Waals surface area contributed by atoms with Gasteiger partial charge in [0.15, 0.2) is 0 Å². The summed E-state index contributed by atoms with van der Waals surface area (Å²) in [6, 6.07) is 7.91. The Kier molecular flexibility index (Phi) is 3.87. The Morgan fingerprint density at radius 2 is 2.06 bits per heavy atom. The van der Waals surface area contributed by atoms with Crippen LogP contribution in [0.2, 0.25) is 0 Å². The van der Waals surface area contributed by atoms with Gasteiger partial charge >= 0.3 is 0 Å². The summed E-state index contributed by atoms with van der Waals surface area (Å²) in [4.78, 5) is 16.4. The zero-order chi connectivity index (χ0) is 13.1. The number of nitrogens with zero attached hydrogens (tertiary/aromatic N) is 2. The highest BCUT2D eigenvalue weighted by molar-refractivity contribution is 6.04. The molecule has 1 aliphatic rings. The summed E-state index contributed by atoms with van der Waals surface area (Å²) in [5.74, 6) is 0.179. The van der Waals surface area contributed by atoms with Crippen LogP contribution in [0.5, 0.6) is 0 Å². The lowest BCUT2D eigenvalue weighted by Crippen LogP contribution is -2.48. The van der Waals surface area contributed by atoms with Crippen LogP contribution in [0.25, 0.3) is 0 Å². The van der Waals surface area contributed by atoms with Crippen LogP contribution in [-0.2, 0) is 4.79 Å². The average Bonchev–Trinajstić information content (AvgIpc) is 2.36. The summed E-state index contributed by atoms with van der Waals surface area (Å²) in [6.45, 7) is 3.64. The number of rotatable bonds is 4. The number of nitrogens with one attached hydrogen (secondary N) is 1. The van der Waals surface area contributed by atoms with Crippen molar-refractivity contribution in [2.75, 3.05) is 37.4 Å². The van der Waals surface area contributed by atoms with Crippen LogP contribution in [0.1, 0.15) is 13.3 Å². The molecule has 0 fully saturated rings. The zero-order valence-electron chi connectivity index (χ0n) is 11.3. The van der Waals surface area contributed by atoms with E-state index in [1.807, 2.05) is 50.2 Å². The molecule has 0 aromatic heterocycles. The molecule has 2 rings (SSSR count). The molecule has 1 aliphatic heterocycles. The van der Waals surface area contributed by atoms with Crippen molar-refractivity contribution in [1.82, 2.24) is 4.90 Å². The highest BCUT2D eigenvalue weighted by Crippen LogP contribution is 2.31. The smallest absolute Gasteiger partial charge is 0.249 e. The number of fused-ring (bicyclic) bond motifs is 1. The van der Waals surface area contributed by atoms with Crippen LogP contribution >= 0.6 is 0 Å². The van der Waals surface area contributed by atoms with Gasteiger partial charge in [-0.05, 0) is 32.6 Å². The highest BCUT2D eigenvalue weighted by atomic mass is 16.2. The number of para-hydroxylation sites is 2. The van der Waals surface area contributed by atoms with Gasteiger partial charge in [0.05, 0.1) is 11.4 Å². The quantitative estimate of drug-likeness (QED) is 0.881. The summed E-state index contributed by atoms with van der Waals surface area (Å²) >= 11 is 0. The molecule has 1 N–H and O–H groups in total. The first-order valence-corrected chi connectivity index (χ1v) is 6.45. The van der Waals surface area contributed by atoms with E-state index in [2.05, 4.69) is 10.2 Å². The van der Waals surface area contributed by atoms with Gasteiger partial charge in [-0.25, -0.2) is 0 Å². The lowest BCUT2D eigenvalue weighted by Gasteiger charge is -2.35. The maximum atomic E-state index is 12.4. The zero-order valence-corrected chi connectivity index (χ0v) is 11.3. The third kappa shape index (κ3) is 2.48. The van der Waals surface area contributed by atoms with Gasteiger partial charge in [0.25, 0.3) is 0 Å². The number of carbonyl (C=O) groups is 1. The molecule has 1 unspecified atom stereocenters. The third-order valence-electron chi connectivity index (χ3n) is 3.27. The van der Waals surface area contributed by atoms with Gasteiger partial charge in [-0.3, -0.25) is 4.79 Å². The van der Waals surface area contributed by atoms with Crippen LogP contribution in [0, 0.1) is 0 Å². The van der Waals surface area contributed by atoms with E-state index in [0.717, 1.165) is 30.9 Å². The standard InChI is InChI=1S/C14H21N3O/c1-4-11-14(18)17(10-9-16(2)3)13-8-6-5-7-12(13)15-11/h5-8,11,15H,4,9-10H2,1-3H3. The molecule has 1 aromatic rings.